The molecule has 0 bridgehead atoms. The molecule has 0 amide bonds. The van der Waals surface area contributed by atoms with Gasteiger partial charge in [0.1, 0.15) is 0 Å². The lowest BCUT2D eigenvalue weighted by atomic mass is 9.83. The van der Waals surface area contributed by atoms with E-state index >= 15 is 0 Å². The Bertz CT molecular complexity index is 185. The molecule has 1 atom stereocenters. The van der Waals surface area contributed by atoms with Gasteiger partial charge in [-0.05, 0) is 51.6 Å². The first-order valence-corrected chi connectivity index (χ1v) is 6.15. The van der Waals surface area contributed by atoms with Gasteiger partial charge < -0.3 is 10.6 Å². The summed E-state index contributed by atoms with van der Waals surface area (Å²) in [7, 11) is 2.24. The van der Waals surface area contributed by atoms with Crippen molar-refractivity contribution < 1.29 is 0 Å². The third kappa shape index (κ3) is 2.48. The topological polar surface area (TPSA) is 29.3 Å². The van der Waals surface area contributed by atoms with Crippen LogP contribution >= 0.6 is 0 Å². The monoisotopic (exact) mass is 196 g/mol. The molecule has 1 aliphatic heterocycles. The Kier molecular flexibility index (Phi) is 3.13. The Hall–Kier alpha value is -0.0800. The van der Waals surface area contributed by atoms with Crippen LogP contribution in [0.1, 0.15) is 44.9 Å². The van der Waals surface area contributed by atoms with Crippen LogP contribution in [0.4, 0.5) is 0 Å². The second-order valence-electron chi connectivity index (χ2n) is 5.54. The van der Waals surface area contributed by atoms with E-state index in [9.17, 15) is 0 Å². The molecule has 82 valence electrons. The van der Waals surface area contributed by atoms with Gasteiger partial charge in [-0.3, -0.25) is 0 Å². The molecule has 1 aliphatic carbocycles. The van der Waals surface area contributed by atoms with Crippen LogP contribution in [0.25, 0.3) is 0 Å². The lowest BCUT2D eigenvalue weighted by Gasteiger charge is -2.35. The lowest BCUT2D eigenvalue weighted by Crippen LogP contribution is -2.42. The summed E-state index contributed by atoms with van der Waals surface area (Å²) in [5.41, 5.74) is 6.63. The summed E-state index contributed by atoms with van der Waals surface area (Å²) < 4.78 is 0. The van der Waals surface area contributed by atoms with Gasteiger partial charge in [0, 0.05) is 12.1 Å². The van der Waals surface area contributed by atoms with Crippen molar-refractivity contribution in [1.82, 2.24) is 4.90 Å². The first-order valence-electron chi connectivity index (χ1n) is 6.15. The number of hydrogen-bond donors (Lipinski definition) is 1. The van der Waals surface area contributed by atoms with Crippen LogP contribution in [0.2, 0.25) is 0 Å². The minimum atomic E-state index is 0.211. The Balaban J connectivity index is 1.83. The fraction of sp³-hybridized carbons (Fsp3) is 1.00. The van der Waals surface area contributed by atoms with Crippen LogP contribution in [-0.4, -0.2) is 30.6 Å². The van der Waals surface area contributed by atoms with Gasteiger partial charge in [-0.2, -0.15) is 0 Å². The maximum absolute atomic E-state index is 6.42. The summed E-state index contributed by atoms with van der Waals surface area (Å²) in [5.74, 6) is 0.872. The van der Waals surface area contributed by atoms with Crippen molar-refractivity contribution in [3.63, 3.8) is 0 Å². The van der Waals surface area contributed by atoms with Gasteiger partial charge in [0.05, 0.1) is 0 Å². The Morgan fingerprint density at radius 1 is 1.29 bits per heavy atom. The van der Waals surface area contributed by atoms with E-state index in [1.807, 2.05) is 0 Å². The van der Waals surface area contributed by atoms with Crippen LogP contribution in [0, 0.1) is 5.92 Å². The number of likely N-dealkylation sites (tertiary alicyclic amines) is 1. The van der Waals surface area contributed by atoms with E-state index in [2.05, 4.69) is 11.9 Å². The summed E-state index contributed by atoms with van der Waals surface area (Å²) in [6.45, 7) is 2.56. The highest BCUT2D eigenvalue weighted by Crippen LogP contribution is 2.34. The highest BCUT2D eigenvalue weighted by Gasteiger charge is 2.32. The lowest BCUT2D eigenvalue weighted by molar-refractivity contribution is 0.175. The molecular formula is C12H24N2. The molecule has 2 fully saturated rings. The van der Waals surface area contributed by atoms with Crippen LogP contribution in [-0.2, 0) is 0 Å². The third-order valence-electron chi connectivity index (χ3n) is 4.02. The predicted octanol–water partition coefficient (Wildman–Crippen LogP) is 1.99. The van der Waals surface area contributed by atoms with E-state index < -0.39 is 0 Å². The molecule has 2 nitrogen and oxygen atoms in total. The van der Waals surface area contributed by atoms with Gasteiger partial charge in [0.2, 0.25) is 0 Å². The van der Waals surface area contributed by atoms with Crippen molar-refractivity contribution in [2.45, 2.75) is 50.5 Å². The van der Waals surface area contributed by atoms with Gasteiger partial charge >= 0.3 is 0 Å². The molecular weight excluding hydrogens is 172 g/mol. The number of nitrogens with two attached hydrogens (primary N) is 1. The molecule has 1 saturated carbocycles. The molecule has 1 unspecified atom stereocenters. The van der Waals surface area contributed by atoms with E-state index in [0.29, 0.717) is 0 Å². The smallest absolute Gasteiger partial charge is 0.0157 e. The summed E-state index contributed by atoms with van der Waals surface area (Å²) in [5, 5.41) is 0. The maximum Gasteiger partial charge on any atom is 0.0157 e. The minimum absolute atomic E-state index is 0.211. The quantitative estimate of drug-likeness (QED) is 0.732. The van der Waals surface area contributed by atoms with E-state index in [0.717, 1.165) is 5.92 Å². The van der Waals surface area contributed by atoms with Gasteiger partial charge in [-0.1, -0.05) is 12.8 Å². The average Bonchev–Trinajstić information content (AvgIpc) is 2.51. The standard InChI is InChI=1S/C12H24N2/c1-14-8-4-5-11(10-14)9-12(13)6-2-3-7-12/h11H,2-10,13H2,1H3. The summed E-state index contributed by atoms with van der Waals surface area (Å²) in [6.07, 6.45) is 9.32. The van der Waals surface area contributed by atoms with Crippen molar-refractivity contribution in [3.8, 4) is 0 Å². The number of piperidine rings is 1. The molecule has 2 N–H and O–H groups in total. The maximum atomic E-state index is 6.42. The van der Waals surface area contributed by atoms with Crippen molar-refractivity contribution in [2.24, 2.45) is 11.7 Å². The summed E-state index contributed by atoms with van der Waals surface area (Å²) in [6, 6.07) is 0. The molecule has 14 heavy (non-hydrogen) atoms. The van der Waals surface area contributed by atoms with Crippen LogP contribution in [0.15, 0.2) is 0 Å². The van der Waals surface area contributed by atoms with Crippen LogP contribution in [0.3, 0.4) is 0 Å². The largest absolute Gasteiger partial charge is 0.325 e. The van der Waals surface area contributed by atoms with E-state index in [1.54, 1.807) is 0 Å². The van der Waals surface area contributed by atoms with Crippen molar-refractivity contribution in [3.05, 3.63) is 0 Å². The second kappa shape index (κ2) is 4.19. The highest BCUT2D eigenvalue weighted by atomic mass is 15.1. The normalized spacial score (nSPS) is 33.4. The van der Waals surface area contributed by atoms with Crippen molar-refractivity contribution in [2.75, 3.05) is 20.1 Å². The second-order valence-corrected chi connectivity index (χ2v) is 5.54. The SMILES string of the molecule is CN1CCCC(CC2(N)CCCC2)C1. The van der Waals surface area contributed by atoms with Gasteiger partial charge in [-0.15, -0.1) is 0 Å². The molecule has 0 aromatic heterocycles. The fourth-order valence-corrected chi connectivity index (χ4v) is 3.30. The zero-order valence-corrected chi connectivity index (χ0v) is 9.47. The van der Waals surface area contributed by atoms with Crippen LogP contribution < -0.4 is 5.73 Å². The van der Waals surface area contributed by atoms with Gasteiger partial charge in [0.15, 0.2) is 0 Å². The average molecular weight is 196 g/mol. The molecule has 0 aromatic carbocycles. The first kappa shape index (κ1) is 10.4. The van der Waals surface area contributed by atoms with E-state index in [4.69, 9.17) is 5.73 Å². The fourth-order valence-electron chi connectivity index (χ4n) is 3.30. The molecule has 0 radical (unpaired) electrons. The molecule has 1 saturated heterocycles. The number of rotatable bonds is 2. The zero-order valence-electron chi connectivity index (χ0n) is 9.47. The van der Waals surface area contributed by atoms with Crippen LogP contribution in [0.5, 0.6) is 0 Å². The molecule has 0 aromatic rings. The predicted molar refractivity (Wildman–Crippen MR) is 60.2 cm³/mol. The molecule has 0 spiro atoms. The Morgan fingerprint density at radius 3 is 2.64 bits per heavy atom. The highest BCUT2D eigenvalue weighted by molar-refractivity contribution is 4.92. The number of nitrogens with zero attached hydrogens (tertiary/aromatic N) is 1. The molecule has 1 heterocycles. The zero-order chi connectivity index (χ0) is 10.0. The summed E-state index contributed by atoms with van der Waals surface area (Å²) >= 11 is 0. The molecule has 2 aliphatic rings. The summed E-state index contributed by atoms with van der Waals surface area (Å²) in [4.78, 5) is 2.46. The van der Waals surface area contributed by atoms with Crippen molar-refractivity contribution >= 4 is 0 Å². The third-order valence-corrected chi connectivity index (χ3v) is 4.02. The van der Waals surface area contributed by atoms with Gasteiger partial charge in [0.25, 0.3) is 0 Å². The van der Waals surface area contributed by atoms with Crippen molar-refractivity contribution in [1.29, 1.82) is 0 Å². The Labute approximate surface area is 87.8 Å². The number of hydrogen-bond acceptors (Lipinski definition) is 2. The minimum Gasteiger partial charge on any atom is -0.325 e. The molecule has 2 rings (SSSR count). The first-order chi connectivity index (χ1) is 6.68. The molecule has 2 heteroatoms. The van der Waals surface area contributed by atoms with E-state index in [-0.39, 0.29) is 5.54 Å². The Morgan fingerprint density at radius 2 is 2.00 bits per heavy atom. The van der Waals surface area contributed by atoms with E-state index in [1.165, 1.54) is 58.0 Å². The van der Waals surface area contributed by atoms with Gasteiger partial charge in [-0.25, -0.2) is 0 Å².